The molecule has 20 heavy (non-hydrogen) atoms. The molecule has 3 N–H and O–H groups in total. The summed E-state index contributed by atoms with van der Waals surface area (Å²) in [6.45, 7) is 0.381. The van der Waals surface area contributed by atoms with Crippen LogP contribution in [0.25, 0.3) is 0 Å². The van der Waals surface area contributed by atoms with Gasteiger partial charge in [0.25, 0.3) is 11.6 Å². The van der Waals surface area contributed by atoms with Gasteiger partial charge in [0.1, 0.15) is 5.75 Å². The maximum atomic E-state index is 12.2. The van der Waals surface area contributed by atoms with Gasteiger partial charge in [-0.15, -0.1) is 0 Å². The highest BCUT2D eigenvalue weighted by molar-refractivity contribution is 5.97. The minimum absolute atomic E-state index is 0.0533. The zero-order valence-corrected chi connectivity index (χ0v) is 11.2. The van der Waals surface area contributed by atoms with Crippen LogP contribution < -0.4 is 15.8 Å². The molecule has 1 aliphatic carbocycles. The van der Waals surface area contributed by atoms with E-state index in [-0.39, 0.29) is 28.9 Å². The van der Waals surface area contributed by atoms with Crippen molar-refractivity contribution in [3.05, 3.63) is 33.9 Å². The molecule has 1 fully saturated rings. The van der Waals surface area contributed by atoms with Gasteiger partial charge < -0.3 is 15.8 Å². The molecule has 1 saturated carbocycles. The highest BCUT2D eigenvalue weighted by atomic mass is 16.6. The number of benzene rings is 1. The molecule has 0 heterocycles. The van der Waals surface area contributed by atoms with Crippen molar-refractivity contribution in [1.29, 1.82) is 0 Å². The molecule has 0 bridgehead atoms. The van der Waals surface area contributed by atoms with E-state index in [1.807, 2.05) is 0 Å². The lowest BCUT2D eigenvalue weighted by atomic mass is 10.1. The molecule has 1 atom stereocenters. The Hall–Kier alpha value is -2.15. The van der Waals surface area contributed by atoms with Crippen molar-refractivity contribution in [2.24, 2.45) is 11.7 Å². The molecule has 1 aliphatic rings. The maximum absolute atomic E-state index is 12.2. The lowest BCUT2D eigenvalue weighted by Gasteiger charge is -2.17. The number of hydrogen-bond acceptors (Lipinski definition) is 5. The number of carbonyl (C=O) groups is 1. The van der Waals surface area contributed by atoms with Crippen molar-refractivity contribution in [3.8, 4) is 5.75 Å². The molecule has 1 aromatic carbocycles. The monoisotopic (exact) mass is 279 g/mol. The Kier molecular flexibility index (Phi) is 4.19. The summed E-state index contributed by atoms with van der Waals surface area (Å²) in [6.07, 6.45) is 2.14. The summed E-state index contributed by atoms with van der Waals surface area (Å²) in [6, 6.07) is 3.87. The van der Waals surface area contributed by atoms with Crippen LogP contribution in [-0.2, 0) is 0 Å². The molecule has 1 amide bonds. The highest BCUT2D eigenvalue weighted by Crippen LogP contribution is 2.32. The number of methoxy groups -OCH3 is 1. The SMILES string of the molecule is COc1cc([N+](=O)[O-])ccc1C(=O)NC(CN)C1CC1. The number of nitrogens with two attached hydrogens (primary N) is 1. The molecule has 0 saturated heterocycles. The second-order valence-corrected chi connectivity index (χ2v) is 4.79. The first-order valence-corrected chi connectivity index (χ1v) is 6.40. The number of nitro benzene ring substituents is 1. The van der Waals surface area contributed by atoms with Gasteiger partial charge in [0.05, 0.1) is 23.7 Å². The van der Waals surface area contributed by atoms with E-state index in [9.17, 15) is 14.9 Å². The molecule has 0 radical (unpaired) electrons. The maximum Gasteiger partial charge on any atom is 0.273 e. The number of nitrogens with zero attached hydrogens (tertiary/aromatic N) is 1. The van der Waals surface area contributed by atoms with Crippen LogP contribution in [0.15, 0.2) is 18.2 Å². The number of amides is 1. The van der Waals surface area contributed by atoms with Crippen LogP contribution in [0.2, 0.25) is 0 Å². The van der Waals surface area contributed by atoms with Crippen LogP contribution in [-0.4, -0.2) is 30.5 Å². The fourth-order valence-corrected chi connectivity index (χ4v) is 2.10. The molecule has 108 valence electrons. The summed E-state index contributed by atoms with van der Waals surface area (Å²) < 4.78 is 5.05. The molecule has 1 aromatic rings. The number of ether oxygens (including phenoxy) is 1. The third-order valence-electron chi connectivity index (χ3n) is 3.40. The van der Waals surface area contributed by atoms with Gasteiger partial charge >= 0.3 is 0 Å². The van der Waals surface area contributed by atoms with Gasteiger partial charge in [-0.3, -0.25) is 14.9 Å². The Morgan fingerprint density at radius 2 is 2.30 bits per heavy atom. The average Bonchev–Trinajstić information content (AvgIpc) is 3.28. The molecule has 1 unspecified atom stereocenters. The Bertz CT molecular complexity index is 528. The van der Waals surface area contributed by atoms with E-state index in [0.29, 0.717) is 12.5 Å². The number of nitro groups is 1. The van der Waals surface area contributed by atoms with Crippen LogP contribution in [0.3, 0.4) is 0 Å². The van der Waals surface area contributed by atoms with E-state index < -0.39 is 4.92 Å². The van der Waals surface area contributed by atoms with Gasteiger partial charge in [-0.25, -0.2) is 0 Å². The van der Waals surface area contributed by atoms with Crippen LogP contribution in [0, 0.1) is 16.0 Å². The third-order valence-corrected chi connectivity index (χ3v) is 3.40. The first kappa shape index (κ1) is 14.3. The second-order valence-electron chi connectivity index (χ2n) is 4.79. The smallest absolute Gasteiger partial charge is 0.273 e. The zero-order chi connectivity index (χ0) is 14.7. The van der Waals surface area contributed by atoms with E-state index in [2.05, 4.69) is 5.32 Å². The Balaban J connectivity index is 2.18. The number of non-ortho nitro benzene ring substituents is 1. The number of hydrogen-bond donors (Lipinski definition) is 2. The van der Waals surface area contributed by atoms with Gasteiger partial charge in [-0.1, -0.05) is 0 Å². The largest absolute Gasteiger partial charge is 0.496 e. The van der Waals surface area contributed by atoms with E-state index in [1.165, 1.54) is 25.3 Å². The average molecular weight is 279 g/mol. The van der Waals surface area contributed by atoms with Crippen molar-refractivity contribution >= 4 is 11.6 Å². The summed E-state index contributed by atoms with van der Waals surface area (Å²) in [5.74, 6) is 0.301. The predicted molar refractivity (Wildman–Crippen MR) is 72.7 cm³/mol. The summed E-state index contributed by atoms with van der Waals surface area (Å²) in [4.78, 5) is 22.4. The Labute approximate surface area is 116 Å². The molecule has 0 aliphatic heterocycles. The molecule has 7 nitrogen and oxygen atoms in total. The summed E-state index contributed by atoms with van der Waals surface area (Å²) in [7, 11) is 1.37. The van der Waals surface area contributed by atoms with Crippen molar-refractivity contribution in [1.82, 2.24) is 5.32 Å². The number of nitrogens with one attached hydrogen (secondary N) is 1. The molecular formula is C13H17N3O4. The van der Waals surface area contributed by atoms with Gasteiger partial charge in [0, 0.05) is 18.7 Å². The van der Waals surface area contributed by atoms with E-state index in [0.717, 1.165) is 12.8 Å². The summed E-state index contributed by atoms with van der Waals surface area (Å²) >= 11 is 0. The van der Waals surface area contributed by atoms with E-state index in [4.69, 9.17) is 10.5 Å². The van der Waals surface area contributed by atoms with Gasteiger partial charge in [0.2, 0.25) is 0 Å². The number of carbonyl (C=O) groups excluding carboxylic acids is 1. The standard InChI is InChI=1S/C13H17N3O4/c1-20-12-6-9(16(18)19)4-5-10(12)13(17)15-11(7-14)8-2-3-8/h4-6,8,11H,2-3,7,14H2,1H3,(H,15,17). The molecular weight excluding hydrogens is 262 g/mol. The third kappa shape index (κ3) is 3.05. The zero-order valence-electron chi connectivity index (χ0n) is 11.2. The number of rotatable bonds is 6. The minimum atomic E-state index is -0.531. The topological polar surface area (TPSA) is 107 Å². The summed E-state index contributed by atoms with van der Waals surface area (Å²) in [5.41, 5.74) is 5.80. The van der Waals surface area contributed by atoms with Crippen LogP contribution in [0.1, 0.15) is 23.2 Å². The Morgan fingerprint density at radius 3 is 2.80 bits per heavy atom. The van der Waals surface area contributed by atoms with Crippen LogP contribution in [0.5, 0.6) is 5.75 Å². The summed E-state index contributed by atoms with van der Waals surface area (Å²) in [5, 5.41) is 13.6. The second kappa shape index (κ2) is 5.87. The Morgan fingerprint density at radius 1 is 1.60 bits per heavy atom. The van der Waals surface area contributed by atoms with Crippen LogP contribution in [0.4, 0.5) is 5.69 Å². The van der Waals surface area contributed by atoms with Crippen molar-refractivity contribution in [3.63, 3.8) is 0 Å². The fourth-order valence-electron chi connectivity index (χ4n) is 2.10. The van der Waals surface area contributed by atoms with Crippen molar-refractivity contribution < 1.29 is 14.5 Å². The highest BCUT2D eigenvalue weighted by Gasteiger charge is 2.32. The van der Waals surface area contributed by atoms with E-state index >= 15 is 0 Å². The molecule has 0 spiro atoms. The molecule has 2 rings (SSSR count). The van der Waals surface area contributed by atoms with Crippen molar-refractivity contribution in [2.75, 3.05) is 13.7 Å². The normalized spacial score (nSPS) is 15.5. The van der Waals surface area contributed by atoms with Gasteiger partial charge in [0.15, 0.2) is 0 Å². The van der Waals surface area contributed by atoms with Gasteiger partial charge in [-0.2, -0.15) is 0 Å². The lowest BCUT2D eigenvalue weighted by molar-refractivity contribution is -0.384. The van der Waals surface area contributed by atoms with Crippen molar-refractivity contribution in [2.45, 2.75) is 18.9 Å². The van der Waals surface area contributed by atoms with Gasteiger partial charge in [-0.05, 0) is 24.8 Å². The quantitative estimate of drug-likeness (QED) is 0.598. The molecule has 7 heteroatoms. The molecule has 0 aromatic heterocycles. The van der Waals surface area contributed by atoms with Crippen LogP contribution >= 0.6 is 0 Å². The fraction of sp³-hybridized carbons (Fsp3) is 0.462. The predicted octanol–water partition coefficient (Wildman–Crippen LogP) is 1.07. The first-order valence-electron chi connectivity index (χ1n) is 6.40. The lowest BCUT2D eigenvalue weighted by Crippen LogP contribution is -2.41. The minimum Gasteiger partial charge on any atom is -0.496 e. The first-order chi connectivity index (χ1) is 9.56. The van der Waals surface area contributed by atoms with E-state index in [1.54, 1.807) is 0 Å².